The first-order valence-corrected chi connectivity index (χ1v) is 12.3. The first-order valence-electron chi connectivity index (χ1n) is 12.3. The van der Waals surface area contributed by atoms with Gasteiger partial charge in [-0.15, -0.1) is 0 Å². The van der Waals surface area contributed by atoms with Crippen molar-refractivity contribution in [3.63, 3.8) is 0 Å². The molecule has 1 saturated carbocycles. The number of hydrogen-bond donors (Lipinski definition) is 0. The summed E-state index contributed by atoms with van der Waals surface area (Å²) in [4.78, 5) is 0. The van der Waals surface area contributed by atoms with Gasteiger partial charge in [-0.05, 0) is 85.5 Å². The van der Waals surface area contributed by atoms with Gasteiger partial charge in [0, 0.05) is 0 Å². The molecule has 1 aliphatic rings. The van der Waals surface area contributed by atoms with Gasteiger partial charge in [0.05, 0.1) is 0 Å². The standard InChI is InChI=1S/C27H46/c1-6-10-15-22(8-3)26-19-25(24-17-13-12-14-18-24)20-27(21(26)5)23(9-4)16-11-7-2/h19-20,22-24H,6-18H2,1-5H3. The molecule has 0 bridgehead atoms. The van der Waals surface area contributed by atoms with Crippen molar-refractivity contribution < 1.29 is 0 Å². The third kappa shape index (κ3) is 6.10. The Hall–Kier alpha value is -0.780. The molecule has 1 aromatic rings. The fourth-order valence-electron chi connectivity index (χ4n) is 5.36. The Morgan fingerprint density at radius 3 is 1.67 bits per heavy atom. The SMILES string of the molecule is CCCCC(CC)c1cc(C2CCCCC2)cc(C(CC)CCCC)c1C. The Morgan fingerprint density at radius 1 is 0.778 bits per heavy atom. The summed E-state index contributed by atoms with van der Waals surface area (Å²) in [7, 11) is 0. The van der Waals surface area contributed by atoms with Crippen molar-refractivity contribution in [2.75, 3.05) is 0 Å². The van der Waals surface area contributed by atoms with Crippen LogP contribution in [0.1, 0.15) is 151 Å². The van der Waals surface area contributed by atoms with E-state index in [2.05, 4.69) is 46.8 Å². The highest BCUT2D eigenvalue weighted by Crippen LogP contribution is 2.40. The molecule has 0 nitrogen and oxygen atoms in total. The zero-order valence-electron chi connectivity index (χ0n) is 19.1. The van der Waals surface area contributed by atoms with Crippen LogP contribution in [0.4, 0.5) is 0 Å². The van der Waals surface area contributed by atoms with Gasteiger partial charge in [0.2, 0.25) is 0 Å². The van der Waals surface area contributed by atoms with E-state index < -0.39 is 0 Å². The van der Waals surface area contributed by atoms with Crippen LogP contribution in [0.5, 0.6) is 0 Å². The summed E-state index contributed by atoms with van der Waals surface area (Å²) in [6, 6.07) is 5.32. The molecular weight excluding hydrogens is 324 g/mol. The molecule has 1 aromatic carbocycles. The van der Waals surface area contributed by atoms with Crippen molar-refractivity contribution in [2.24, 2.45) is 0 Å². The normalized spacial score (nSPS) is 17.8. The van der Waals surface area contributed by atoms with Crippen molar-refractivity contribution in [3.05, 3.63) is 34.4 Å². The molecule has 0 spiro atoms. The van der Waals surface area contributed by atoms with E-state index in [1.807, 2.05) is 0 Å². The number of hydrogen-bond acceptors (Lipinski definition) is 0. The minimum absolute atomic E-state index is 0.760. The van der Waals surface area contributed by atoms with E-state index in [0.717, 1.165) is 17.8 Å². The van der Waals surface area contributed by atoms with E-state index >= 15 is 0 Å². The molecule has 0 aliphatic heterocycles. The molecule has 0 amide bonds. The van der Waals surface area contributed by atoms with E-state index in [-0.39, 0.29) is 0 Å². The Kier molecular flexibility index (Phi) is 9.94. The maximum absolute atomic E-state index is 2.66. The van der Waals surface area contributed by atoms with Gasteiger partial charge in [-0.2, -0.15) is 0 Å². The van der Waals surface area contributed by atoms with Crippen molar-refractivity contribution in [1.29, 1.82) is 0 Å². The average Bonchev–Trinajstić information content (AvgIpc) is 2.71. The summed E-state index contributed by atoms with van der Waals surface area (Å²) >= 11 is 0. The Morgan fingerprint density at radius 2 is 1.26 bits per heavy atom. The Bertz CT molecular complexity index is 498. The summed E-state index contributed by atoms with van der Waals surface area (Å²) in [5.41, 5.74) is 6.74. The van der Waals surface area contributed by atoms with Crippen LogP contribution in [0, 0.1) is 6.92 Å². The van der Waals surface area contributed by atoms with Gasteiger partial charge in [-0.1, -0.05) is 84.8 Å². The summed E-state index contributed by atoms with van der Waals surface area (Å²) in [6.45, 7) is 11.9. The van der Waals surface area contributed by atoms with Crippen LogP contribution in [-0.2, 0) is 0 Å². The van der Waals surface area contributed by atoms with Crippen LogP contribution < -0.4 is 0 Å². The lowest BCUT2D eigenvalue weighted by molar-refractivity contribution is 0.442. The summed E-state index contributed by atoms with van der Waals surface area (Å²) < 4.78 is 0. The predicted octanol–water partition coefficient (Wildman–Crippen LogP) is 9.41. The van der Waals surface area contributed by atoms with Crippen molar-refractivity contribution in [1.82, 2.24) is 0 Å². The van der Waals surface area contributed by atoms with Gasteiger partial charge in [0.25, 0.3) is 0 Å². The van der Waals surface area contributed by atoms with E-state index in [0.29, 0.717) is 0 Å². The summed E-state index contributed by atoms with van der Waals surface area (Å²) in [6.07, 6.45) is 17.8. The van der Waals surface area contributed by atoms with E-state index in [1.54, 1.807) is 22.3 Å². The maximum Gasteiger partial charge on any atom is -0.0162 e. The lowest BCUT2D eigenvalue weighted by Crippen LogP contribution is -2.11. The highest BCUT2D eigenvalue weighted by Gasteiger charge is 2.23. The fourth-order valence-corrected chi connectivity index (χ4v) is 5.36. The van der Waals surface area contributed by atoms with Crippen molar-refractivity contribution in [2.45, 2.75) is 136 Å². The average molecular weight is 371 g/mol. The molecule has 2 rings (SSSR count). The second kappa shape index (κ2) is 11.9. The number of benzene rings is 1. The van der Waals surface area contributed by atoms with Crippen molar-refractivity contribution >= 4 is 0 Å². The predicted molar refractivity (Wildman–Crippen MR) is 122 cm³/mol. The van der Waals surface area contributed by atoms with Gasteiger partial charge >= 0.3 is 0 Å². The zero-order chi connectivity index (χ0) is 19.6. The van der Waals surface area contributed by atoms with Crippen LogP contribution in [0.15, 0.2) is 12.1 Å². The second-order valence-corrected chi connectivity index (χ2v) is 9.15. The van der Waals surface area contributed by atoms with Crippen molar-refractivity contribution in [3.8, 4) is 0 Å². The van der Waals surface area contributed by atoms with Gasteiger partial charge in [-0.3, -0.25) is 0 Å². The van der Waals surface area contributed by atoms with Gasteiger partial charge in [-0.25, -0.2) is 0 Å². The molecule has 1 aliphatic carbocycles. The zero-order valence-corrected chi connectivity index (χ0v) is 19.1. The molecule has 0 radical (unpaired) electrons. The third-order valence-corrected chi connectivity index (χ3v) is 7.26. The summed E-state index contributed by atoms with van der Waals surface area (Å²) in [5.74, 6) is 2.34. The summed E-state index contributed by atoms with van der Waals surface area (Å²) in [5, 5.41) is 0. The molecule has 0 heteroatoms. The Labute approximate surface area is 170 Å². The van der Waals surface area contributed by atoms with E-state index in [1.165, 1.54) is 83.5 Å². The van der Waals surface area contributed by atoms with E-state index in [9.17, 15) is 0 Å². The lowest BCUT2D eigenvalue weighted by Gasteiger charge is -2.29. The highest BCUT2D eigenvalue weighted by atomic mass is 14.3. The van der Waals surface area contributed by atoms with Gasteiger partial charge < -0.3 is 0 Å². The molecule has 0 heterocycles. The van der Waals surface area contributed by atoms with Gasteiger partial charge in [0.1, 0.15) is 0 Å². The molecular formula is C27H46. The monoisotopic (exact) mass is 370 g/mol. The molecule has 1 fully saturated rings. The van der Waals surface area contributed by atoms with Crippen LogP contribution in [0.3, 0.4) is 0 Å². The smallest absolute Gasteiger partial charge is 0.0162 e. The molecule has 154 valence electrons. The first kappa shape index (κ1) is 22.5. The number of unbranched alkanes of at least 4 members (excludes halogenated alkanes) is 2. The van der Waals surface area contributed by atoms with E-state index in [4.69, 9.17) is 0 Å². The lowest BCUT2D eigenvalue weighted by atomic mass is 9.76. The fraction of sp³-hybridized carbons (Fsp3) is 0.778. The molecule has 0 aromatic heterocycles. The molecule has 27 heavy (non-hydrogen) atoms. The quantitative estimate of drug-likeness (QED) is 0.364. The van der Waals surface area contributed by atoms with Crippen LogP contribution in [0.2, 0.25) is 0 Å². The minimum Gasteiger partial charge on any atom is -0.0654 e. The molecule has 0 saturated heterocycles. The topological polar surface area (TPSA) is 0 Å². The maximum atomic E-state index is 2.66. The Balaban J connectivity index is 2.44. The first-order chi connectivity index (χ1) is 13.2. The molecule has 0 N–H and O–H groups in total. The minimum atomic E-state index is 0.760. The third-order valence-electron chi connectivity index (χ3n) is 7.26. The molecule has 2 atom stereocenters. The highest BCUT2D eigenvalue weighted by molar-refractivity contribution is 5.43. The van der Waals surface area contributed by atoms with Crippen LogP contribution in [-0.4, -0.2) is 0 Å². The second-order valence-electron chi connectivity index (χ2n) is 9.15. The largest absolute Gasteiger partial charge is 0.0654 e. The number of rotatable bonds is 11. The van der Waals surface area contributed by atoms with Crippen LogP contribution in [0.25, 0.3) is 0 Å². The van der Waals surface area contributed by atoms with Gasteiger partial charge in [0.15, 0.2) is 0 Å². The molecule has 2 unspecified atom stereocenters. The van der Waals surface area contributed by atoms with Crippen LogP contribution >= 0.6 is 0 Å².